The molecule has 2 rings (SSSR count). The molecular weight excluding hydrogens is 245 g/mol. The fourth-order valence-corrected chi connectivity index (χ4v) is 3.28. The van der Waals surface area contributed by atoms with E-state index in [0.29, 0.717) is 25.3 Å². The third kappa shape index (κ3) is 3.17. The van der Waals surface area contributed by atoms with E-state index >= 15 is 0 Å². The Hall–Kier alpha value is -1.14. The molecule has 0 saturated carbocycles. The monoisotopic (exact) mass is 259 g/mol. The van der Waals surface area contributed by atoms with Gasteiger partial charge in [-0.25, -0.2) is 12.8 Å². The molecule has 1 aliphatic heterocycles. The van der Waals surface area contributed by atoms with Crippen LogP contribution < -0.4 is 4.74 Å². The zero-order valence-corrected chi connectivity index (χ0v) is 10.1. The highest BCUT2D eigenvalue weighted by Crippen LogP contribution is 2.14. The van der Waals surface area contributed by atoms with Gasteiger partial charge >= 0.3 is 0 Å². The van der Waals surface area contributed by atoms with Gasteiger partial charge in [-0.2, -0.15) is 4.31 Å². The van der Waals surface area contributed by atoms with Crippen LogP contribution in [0.4, 0.5) is 4.39 Å². The van der Waals surface area contributed by atoms with E-state index in [-0.39, 0.29) is 18.2 Å². The molecule has 1 saturated heterocycles. The number of benzene rings is 1. The predicted octanol–water partition coefficient (Wildman–Crippen LogP) is 1.24. The van der Waals surface area contributed by atoms with Crippen LogP contribution in [0.2, 0.25) is 0 Å². The molecule has 6 heteroatoms. The van der Waals surface area contributed by atoms with Crippen LogP contribution in [0.5, 0.6) is 5.75 Å². The van der Waals surface area contributed by atoms with Crippen LogP contribution >= 0.6 is 0 Å². The minimum atomic E-state index is -3.07. The van der Waals surface area contributed by atoms with Crippen molar-refractivity contribution in [2.45, 2.75) is 6.42 Å². The molecule has 1 aromatic rings. The van der Waals surface area contributed by atoms with Gasteiger partial charge in [-0.1, -0.05) is 6.07 Å². The van der Waals surface area contributed by atoms with E-state index in [1.54, 1.807) is 12.1 Å². The number of nitrogens with zero attached hydrogens (tertiary/aromatic N) is 1. The van der Waals surface area contributed by atoms with Crippen LogP contribution in [0.25, 0.3) is 0 Å². The maximum Gasteiger partial charge on any atom is 0.214 e. The van der Waals surface area contributed by atoms with Crippen molar-refractivity contribution in [1.82, 2.24) is 4.31 Å². The number of hydrogen-bond acceptors (Lipinski definition) is 3. The van der Waals surface area contributed by atoms with Crippen molar-refractivity contribution in [2.75, 3.05) is 25.4 Å². The molecule has 0 radical (unpaired) electrons. The fraction of sp³-hybridized carbons (Fsp3) is 0.455. The summed E-state index contributed by atoms with van der Waals surface area (Å²) >= 11 is 0. The minimum Gasteiger partial charge on any atom is -0.492 e. The van der Waals surface area contributed by atoms with Crippen molar-refractivity contribution in [3.63, 3.8) is 0 Å². The van der Waals surface area contributed by atoms with Gasteiger partial charge in [0, 0.05) is 19.2 Å². The zero-order chi connectivity index (χ0) is 12.3. The largest absolute Gasteiger partial charge is 0.492 e. The number of ether oxygens (including phenoxy) is 1. The summed E-state index contributed by atoms with van der Waals surface area (Å²) in [6, 6.07) is 5.80. The lowest BCUT2D eigenvalue weighted by molar-refractivity contribution is 0.278. The van der Waals surface area contributed by atoms with Crippen LogP contribution in [-0.4, -0.2) is 38.2 Å². The van der Waals surface area contributed by atoms with Crippen LogP contribution in [-0.2, 0) is 10.0 Å². The van der Waals surface area contributed by atoms with Crippen LogP contribution in [0.15, 0.2) is 24.3 Å². The molecule has 4 nitrogen and oxygen atoms in total. The van der Waals surface area contributed by atoms with Crippen LogP contribution in [0.1, 0.15) is 6.42 Å². The summed E-state index contributed by atoms with van der Waals surface area (Å²) in [4.78, 5) is 0. The number of rotatable bonds is 4. The molecule has 1 aliphatic rings. The molecule has 17 heavy (non-hydrogen) atoms. The van der Waals surface area contributed by atoms with Gasteiger partial charge in [-0.05, 0) is 18.6 Å². The third-order valence-corrected chi connectivity index (χ3v) is 4.57. The second-order valence-corrected chi connectivity index (χ2v) is 5.96. The predicted molar refractivity (Wildman–Crippen MR) is 61.9 cm³/mol. The van der Waals surface area contributed by atoms with Gasteiger partial charge in [0.05, 0.1) is 5.75 Å². The van der Waals surface area contributed by atoms with Gasteiger partial charge in [0.15, 0.2) is 0 Å². The third-order valence-electron chi connectivity index (χ3n) is 2.61. The molecule has 0 bridgehead atoms. The molecule has 0 N–H and O–H groups in total. The Bertz CT molecular complexity index is 489. The number of halogens is 1. The molecule has 0 atom stereocenters. The molecule has 1 heterocycles. The van der Waals surface area contributed by atoms with E-state index in [4.69, 9.17) is 4.74 Å². The first-order valence-electron chi connectivity index (χ1n) is 5.44. The van der Waals surface area contributed by atoms with Crippen molar-refractivity contribution in [3.05, 3.63) is 30.1 Å². The van der Waals surface area contributed by atoms with Gasteiger partial charge in [0.2, 0.25) is 10.0 Å². The van der Waals surface area contributed by atoms with Crippen molar-refractivity contribution < 1.29 is 17.5 Å². The normalized spacial score (nSPS) is 19.4. The Labute approximate surface area is 100 Å². The summed E-state index contributed by atoms with van der Waals surface area (Å²) in [7, 11) is -3.07. The van der Waals surface area contributed by atoms with Crippen molar-refractivity contribution in [3.8, 4) is 5.75 Å². The van der Waals surface area contributed by atoms with Gasteiger partial charge < -0.3 is 4.74 Å². The van der Waals surface area contributed by atoms with E-state index in [2.05, 4.69) is 0 Å². The molecule has 0 unspecified atom stereocenters. The number of hydrogen-bond donors (Lipinski definition) is 0. The van der Waals surface area contributed by atoms with Crippen LogP contribution in [0, 0.1) is 5.82 Å². The van der Waals surface area contributed by atoms with E-state index in [1.165, 1.54) is 16.4 Å². The fourth-order valence-electron chi connectivity index (χ4n) is 1.76. The Morgan fingerprint density at radius 3 is 2.88 bits per heavy atom. The first-order valence-corrected chi connectivity index (χ1v) is 7.05. The lowest BCUT2D eigenvalue weighted by atomic mass is 10.3. The highest BCUT2D eigenvalue weighted by molar-refractivity contribution is 7.89. The summed E-state index contributed by atoms with van der Waals surface area (Å²) in [6.45, 7) is 1.11. The summed E-state index contributed by atoms with van der Waals surface area (Å²) in [5, 5.41) is 0. The van der Waals surface area contributed by atoms with Crippen molar-refractivity contribution >= 4 is 10.0 Å². The molecule has 1 fully saturated rings. The SMILES string of the molecule is O=S1(=O)CCCN1CCOc1cccc(F)c1. The Kier molecular flexibility index (Phi) is 3.63. The maximum absolute atomic E-state index is 12.8. The van der Waals surface area contributed by atoms with E-state index in [0.717, 1.165) is 0 Å². The Balaban J connectivity index is 1.84. The first-order chi connectivity index (χ1) is 8.08. The topological polar surface area (TPSA) is 46.6 Å². The quantitative estimate of drug-likeness (QED) is 0.817. The average Bonchev–Trinajstić information content (AvgIpc) is 2.58. The second kappa shape index (κ2) is 5.01. The van der Waals surface area contributed by atoms with E-state index in [1.807, 2.05) is 0 Å². The van der Waals surface area contributed by atoms with Gasteiger partial charge in [-0.3, -0.25) is 0 Å². The first kappa shape index (κ1) is 12.3. The molecule has 0 amide bonds. The Morgan fingerprint density at radius 2 is 2.24 bits per heavy atom. The molecule has 94 valence electrons. The lowest BCUT2D eigenvalue weighted by Gasteiger charge is -2.14. The molecule has 0 spiro atoms. The van der Waals surface area contributed by atoms with Gasteiger partial charge in [-0.15, -0.1) is 0 Å². The summed E-state index contributed by atoms with van der Waals surface area (Å²) in [6.07, 6.45) is 0.669. The smallest absolute Gasteiger partial charge is 0.214 e. The molecule has 0 aliphatic carbocycles. The summed E-state index contributed by atoms with van der Waals surface area (Å²) in [5.41, 5.74) is 0. The zero-order valence-electron chi connectivity index (χ0n) is 9.30. The lowest BCUT2D eigenvalue weighted by Crippen LogP contribution is -2.30. The second-order valence-electron chi connectivity index (χ2n) is 3.87. The van der Waals surface area contributed by atoms with E-state index in [9.17, 15) is 12.8 Å². The van der Waals surface area contributed by atoms with Gasteiger partial charge in [0.1, 0.15) is 18.2 Å². The minimum absolute atomic E-state index is 0.215. The van der Waals surface area contributed by atoms with Crippen molar-refractivity contribution in [1.29, 1.82) is 0 Å². The molecule has 0 aromatic heterocycles. The average molecular weight is 259 g/mol. The van der Waals surface area contributed by atoms with Crippen LogP contribution in [0.3, 0.4) is 0 Å². The highest BCUT2D eigenvalue weighted by atomic mass is 32.2. The highest BCUT2D eigenvalue weighted by Gasteiger charge is 2.27. The van der Waals surface area contributed by atoms with Crippen molar-refractivity contribution in [2.24, 2.45) is 0 Å². The summed E-state index contributed by atoms with van der Waals surface area (Å²) in [5.74, 6) is 0.269. The Morgan fingerprint density at radius 1 is 1.41 bits per heavy atom. The van der Waals surface area contributed by atoms with Gasteiger partial charge in [0.25, 0.3) is 0 Å². The molecular formula is C11H14FNO3S. The molecule has 1 aromatic carbocycles. The maximum atomic E-state index is 12.8. The number of sulfonamides is 1. The standard InChI is InChI=1S/C11H14FNO3S/c12-10-3-1-4-11(9-10)16-7-6-13-5-2-8-17(13,14)15/h1,3-4,9H,2,5-8H2. The van der Waals surface area contributed by atoms with E-state index < -0.39 is 10.0 Å². The summed E-state index contributed by atoms with van der Waals surface area (Å²) < 4.78 is 42.5.